The number of aryl methyl sites for hydroxylation is 1. The average molecular weight is 345 g/mol. The topological polar surface area (TPSA) is 49.7 Å². The van der Waals surface area contributed by atoms with Crippen LogP contribution in [0.15, 0.2) is 48.5 Å². The van der Waals surface area contributed by atoms with Gasteiger partial charge in [0, 0.05) is 25.6 Å². The average Bonchev–Trinajstić information content (AvgIpc) is 3.29. The van der Waals surface area contributed by atoms with Crippen molar-refractivity contribution in [3.05, 3.63) is 54.4 Å². The Labute approximate surface area is 152 Å². The van der Waals surface area contributed by atoms with Gasteiger partial charge >= 0.3 is 0 Å². The van der Waals surface area contributed by atoms with Gasteiger partial charge in [-0.1, -0.05) is 31.2 Å². The van der Waals surface area contributed by atoms with Crippen LogP contribution in [0.25, 0.3) is 22.1 Å². The molecule has 2 aromatic carbocycles. The smallest absolute Gasteiger partial charge is 0.203 e. The van der Waals surface area contributed by atoms with E-state index in [9.17, 15) is 0 Å². The molecule has 0 bridgehead atoms. The van der Waals surface area contributed by atoms with Crippen LogP contribution in [-0.4, -0.2) is 32.6 Å². The van der Waals surface area contributed by atoms with Crippen molar-refractivity contribution in [1.29, 1.82) is 0 Å². The van der Waals surface area contributed by atoms with Gasteiger partial charge in [0.1, 0.15) is 5.82 Å². The van der Waals surface area contributed by atoms with Gasteiger partial charge in [0.15, 0.2) is 0 Å². The number of H-pyrrole nitrogens is 1. The third kappa shape index (κ3) is 2.46. The quantitative estimate of drug-likeness (QED) is 0.602. The van der Waals surface area contributed by atoms with Gasteiger partial charge in [0.2, 0.25) is 5.95 Å². The second-order valence-electron chi connectivity index (χ2n) is 7.04. The maximum absolute atomic E-state index is 4.84. The first-order valence-electron chi connectivity index (χ1n) is 9.49. The second-order valence-corrected chi connectivity index (χ2v) is 7.04. The highest BCUT2D eigenvalue weighted by Gasteiger charge is 2.25. The molecule has 0 atom stereocenters. The summed E-state index contributed by atoms with van der Waals surface area (Å²) in [7, 11) is 0. The van der Waals surface area contributed by atoms with Crippen LogP contribution in [0.5, 0.6) is 0 Å². The number of fused-ring (bicyclic) bond motifs is 2. The van der Waals surface area contributed by atoms with Crippen molar-refractivity contribution < 1.29 is 0 Å². The van der Waals surface area contributed by atoms with Crippen LogP contribution in [0.1, 0.15) is 31.6 Å². The summed E-state index contributed by atoms with van der Waals surface area (Å²) in [6.45, 7) is 4.22. The first-order valence-corrected chi connectivity index (χ1v) is 9.49. The van der Waals surface area contributed by atoms with Crippen molar-refractivity contribution in [3.63, 3.8) is 0 Å². The number of piperidine rings is 1. The highest BCUT2D eigenvalue weighted by Crippen LogP contribution is 2.30. The molecular weight excluding hydrogens is 322 g/mol. The van der Waals surface area contributed by atoms with Crippen LogP contribution in [0.2, 0.25) is 0 Å². The predicted octanol–water partition coefficient (Wildman–Crippen LogP) is 4.32. The van der Waals surface area contributed by atoms with E-state index in [1.54, 1.807) is 0 Å². The van der Waals surface area contributed by atoms with Crippen molar-refractivity contribution >= 4 is 28.0 Å². The number of nitrogens with zero attached hydrogens (tertiary/aromatic N) is 4. The Morgan fingerprint density at radius 3 is 2.46 bits per heavy atom. The standard InChI is InChI=1S/C21H23N5/c1-2-20-22-18-9-5-6-10-19(18)26(20)15-11-13-25(14-12-15)21-23-16-7-3-4-8-17(16)24-21/h3-10,15H,2,11-14H2,1H3,(H,23,24). The molecule has 1 aliphatic heterocycles. The minimum atomic E-state index is 0.512. The lowest BCUT2D eigenvalue weighted by molar-refractivity contribution is 0.393. The van der Waals surface area contributed by atoms with E-state index >= 15 is 0 Å². The van der Waals surface area contributed by atoms with Crippen molar-refractivity contribution in [2.45, 2.75) is 32.2 Å². The molecule has 5 heteroatoms. The molecule has 5 nitrogen and oxygen atoms in total. The second kappa shape index (κ2) is 6.16. The molecule has 4 aromatic rings. The highest BCUT2D eigenvalue weighted by atomic mass is 15.3. The Morgan fingerprint density at radius 2 is 1.69 bits per heavy atom. The molecule has 3 heterocycles. The van der Waals surface area contributed by atoms with Crippen LogP contribution >= 0.6 is 0 Å². The molecule has 0 radical (unpaired) electrons. The van der Waals surface area contributed by atoms with E-state index in [4.69, 9.17) is 9.97 Å². The third-order valence-corrected chi connectivity index (χ3v) is 5.49. The van der Waals surface area contributed by atoms with Gasteiger partial charge in [0.05, 0.1) is 22.1 Å². The van der Waals surface area contributed by atoms with E-state index < -0.39 is 0 Å². The van der Waals surface area contributed by atoms with Crippen LogP contribution in [-0.2, 0) is 6.42 Å². The summed E-state index contributed by atoms with van der Waals surface area (Å²) in [5.74, 6) is 2.20. The molecule has 0 amide bonds. The summed E-state index contributed by atoms with van der Waals surface area (Å²) in [4.78, 5) is 15.4. The van der Waals surface area contributed by atoms with Gasteiger partial charge in [0.25, 0.3) is 0 Å². The van der Waals surface area contributed by atoms with Crippen molar-refractivity contribution in [2.75, 3.05) is 18.0 Å². The number of hydrogen-bond donors (Lipinski definition) is 1. The van der Waals surface area contributed by atoms with Crippen LogP contribution in [0, 0.1) is 0 Å². The summed E-state index contributed by atoms with van der Waals surface area (Å²) < 4.78 is 2.48. The predicted molar refractivity (Wildman–Crippen MR) is 106 cm³/mol. The molecule has 0 unspecified atom stereocenters. The molecule has 2 aromatic heterocycles. The van der Waals surface area contributed by atoms with Crippen molar-refractivity contribution in [3.8, 4) is 0 Å². The first-order chi connectivity index (χ1) is 12.8. The Hall–Kier alpha value is -2.82. The molecule has 132 valence electrons. The lowest BCUT2D eigenvalue weighted by Crippen LogP contribution is -2.35. The summed E-state index contributed by atoms with van der Waals surface area (Å²) >= 11 is 0. The van der Waals surface area contributed by atoms with E-state index in [0.717, 1.165) is 54.9 Å². The number of imidazole rings is 2. The number of rotatable bonds is 3. The summed E-state index contributed by atoms with van der Waals surface area (Å²) in [5, 5.41) is 0. The zero-order valence-electron chi connectivity index (χ0n) is 15.0. The largest absolute Gasteiger partial charge is 0.342 e. The fourth-order valence-electron chi connectivity index (χ4n) is 4.18. The SMILES string of the molecule is CCc1nc2ccccc2n1C1CCN(c2nc3ccccc3[nH]2)CC1. The summed E-state index contributed by atoms with van der Waals surface area (Å²) in [6.07, 6.45) is 3.20. The van der Waals surface area contributed by atoms with Gasteiger partial charge in [-0.25, -0.2) is 9.97 Å². The molecule has 1 N–H and O–H groups in total. The van der Waals surface area contributed by atoms with Gasteiger partial charge in [-0.15, -0.1) is 0 Å². The van der Waals surface area contributed by atoms with E-state index in [2.05, 4.69) is 57.8 Å². The molecular formula is C21H23N5. The van der Waals surface area contributed by atoms with E-state index in [1.165, 1.54) is 11.3 Å². The zero-order valence-corrected chi connectivity index (χ0v) is 15.0. The third-order valence-electron chi connectivity index (χ3n) is 5.49. The summed E-state index contributed by atoms with van der Waals surface area (Å²) in [5.41, 5.74) is 4.53. The highest BCUT2D eigenvalue weighted by molar-refractivity contribution is 5.77. The minimum absolute atomic E-state index is 0.512. The Kier molecular flexibility index (Phi) is 3.66. The lowest BCUT2D eigenvalue weighted by Gasteiger charge is -2.33. The van der Waals surface area contributed by atoms with Gasteiger partial charge in [-0.05, 0) is 37.1 Å². The minimum Gasteiger partial charge on any atom is -0.342 e. The fourth-order valence-corrected chi connectivity index (χ4v) is 4.18. The van der Waals surface area contributed by atoms with Crippen LogP contribution < -0.4 is 4.90 Å². The van der Waals surface area contributed by atoms with Gasteiger partial charge < -0.3 is 14.5 Å². The number of para-hydroxylation sites is 4. The Balaban J connectivity index is 1.40. The molecule has 1 saturated heterocycles. The number of hydrogen-bond acceptors (Lipinski definition) is 3. The maximum atomic E-state index is 4.84. The molecule has 1 fully saturated rings. The van der Waals surface area contributed by atoms with E-state index in [1.807, 2.05) is 12.1 Å². The molecule has 1 aliphatic rings. The van der Waals surface area contributed by atoms with Crippen molar-refractivity contribution in [1.82, 2.24) is 19.5 Å². The monoisotopic (exact) mass is 345 g/mol. The van der Waals surface area contributed by atoms with Crippen LogP contribution in [0.4, 0.5) is 5.95 Å². The van der Waals surface area contributed by atoms with Gasteiger partial charge in [-0.3, -0.25) is 0 Å². The number of benzene rings is 2. The Morgan fingerprint density at radius 1 is 0.962 bits per heavy atom. The molecule has 0 aliphatic carbocycles. The normalized spacial score (nSPS) is 16.0. The van der Waals surface area contributed by atoms with E-state index in [-0.39, 0.29) is 0 Å². The molecule has 5 rings (SSSR count). The fraction of sp³-hybridized carbons (Fsp3) is 0.333. The van der Waals surface area contributed by atoms with Crippen LogP contribution in [0.3, 0.4) is 0 Å². The number of aromatic nitrogens is 4. The molecule has 0 spiro atoms. The van der Waals surface area contributed by atoms with Crippen molar-refractivity contribution in [2.24, 2.45) is 0 Å². The lowest BCUT2D eigenvalue weighted by atomic mass is 10.0. The maximum Gasteiger partial charge on any atom is 0.203 e. The first kappa shape index (κ1) is 15.4. The summed E-state index contributed by atoms with van der Waals surface area (Å²) in [6, 6.07) is 17.3. The number of aromatic amines is 1. The number of anilines is 1. The van der Waals surface area contributed by atoms with Gasteiger partial charge in [-0.2, -0.15) is 0 Å². The van der Waals surface area contributed by atoms with E-state index in [0.29, 0.717) is 6.04 Å². The number of nitrogens with one attached hydrogen (secondary N) is 1. The molecule has 0 saturated carbocycles. The zero-order chi connectivity index (χ0) is 17.5. The molecule has 26 heavy (non-hydrogen) atoms. The Bertz CT molecular complexity index is 1020.